The molecule has 1 spiro atoms. The SMILES string of the molecule is O=C1CCCN1CCC(=O)N1CCC2(CC1)OCCc1cn(-c3ccccc3)nc12. The number of rotatable bonds is 4. The molecule has 1 aromatic carbocycles. The summed E-state index contributed by atoms with van der Waals surface area (Å²) < 4.78 is 8.25. The van der Waals surface area contributed by atoms with Crippen LogP contribution in [0.3, 0.4) is 0 Å². The molecule has 5 rings (SSSR count). The Hall–Kier alpha value is -2.67. The number of nitrogens with zero attached hydrogens (tertiary/aromatic N) is 4. The molecule has 0 aliphatic carbocycles. The van der Waals surface area contributed by atoms with E-state index in [9.17, 15) is 9.59 Å². The number of fused-ring (bicyclic) bond motifs is 2. The molecule has 0 unspecified atom stereocenters. The van der Waals surface area contributed by atoms with Crippen molar-refractivity contribution in [3.63, 3.8) is 0 Å². The number of amides is 2. The van der Waals surface area contributed by atoms with Crippen molar-refractivity contribution in [1.29, 1.82) is 0 Å². The van der Waals surface area contributed by atoms with Crippen LogP contribution in [-0.2, 0) is 26.3 Å². The third-order valence-corrected chi connectivity index (χ3v) is 6.68. The van der Waals surface area contributed by atoms with E-state index in [1.54, 1.807) is 0 Å². The molecule has 2 fully saturated rings. The Bertz CT molecular complexity index is 931. The molecule has 0 radical (unpaired) electrons. The highest BCUT2D eigenvalue weighted by atomic mass is 16.5. The summed E-state index contributed by atoms with van der Waals surface area (Å²) in [6.07, 6.45) is 6.47. The van der Waals surface area contributed by atoms with Crippen LogP contribution in [0.25, 0.3) is 5.69 Å². The van der Waals surface area contributed by atoms with Gasteiger partial charge in [0.1, 0.15) is 5.60 Å². The van der Waals surface area contributed by atoms with Gasteiger partial charge in [-0.2, -0.15) is 5.10 Å². The molecule has 3 aliphatic rings. The number of hydrogen-bond donors (Lipinski definition) is 0. The third kappa shape index (κ3) is 3.51. The minimum atomic E-state index is -0.394. The van der Waals surface area contributed by atoms with E-state index in [0.717, 1.165) is 43.6 Å². The predicted octanol–water partition coefficient (Wildman–Crippen LogP) is 2.28. The molecule has 3 aliphatic heterocycles. The van der Waals surface area contributed by atoms with Gasteiger partial charge in [-0.25, -0.2) is 4.68 Å². The van der Waals surface area contributed by atoms with Gasteiger partial charge in [-0.05, 0) is 43.4 Å². The summed E-state index contributed by atoms with van der Waals surface area (Å²) >= 11 is 0. The maximum Gasteiger partial charge on any atom is 0.224 e. The second-order valence-electron chi connectivity index (χ2n) is 8.49. The van der Waals surface area contributed by atoms with Gasteiger partial charge >= 0.3 is 0 Å². The van der Waals surface area contributed by atoms with E-state index in [2.05, 4.69) is 18.3 Å². The lowest BCUT2D eigenvalue weighted by Crippen LogP contribution is -2.49. The minimum absolute atomic E-state index is 0.135. The summed E-state index contributed by atoms with van der Waals surface area (Å²) in [7, 11) is 0. The van der Waals surface area contributed by atoms with Gasteiger partial charge in [-0.3, -0.25) is 9.59 Å². The first-order valence-electron chi connectivity index (χ1n) is 11.0. The number of hydrogen-bond acceptors (Lipinski definition) is 4. The Morgan fingerprint density at radius 2 is 1.90 bits per heavy atom. The summed E-state index contributed by atoms with van der Waals surface area (Å²) in [6, 6.07) is 10.1. The first-order chi connectivity index (χ1) is 14.6. The smallest absolute Gasteiger partial charge is 0.224 e. The highest BCUT2D eigenvalue weighted by molar-refractivity contribution is 5.80. The van der Waals surface area contributed by atoms with Crippen molar-refractivity contribution in [2.24, 2.45) is 0 Å². The van der Waals surface area contributed by atoms with Gasteiger partial charge in [0.2, 0.25) is 11.8 Å². The lowest BCUT2D eigenvalue weighted by molar-refractivity contribution is -0.141. The number of para-hydroxylation sites is 1. The van der Waals surface area contributed by atoms with Crippen molar-refractivity contribution < 1.29 is 14.3 Å². The molecule has 2 aromatic rings. The second-order valence-corrected chi connectivity index (χ2v) is 8.49. The standard InChI is InChI=1S/C23H28N4O3/c28-20-7-4-12-25(20)13-8-21(29)26-14-10-23(11-15-26)22-18(9-16-30-23)17-27(24-22)19-5-2-1-3-6-19/h1-3,5-6,17H,4,7-16H2. The molecule has 7 nitrogen and oxygen atoms in total. The fourth-order valence-corrected chi connectivity index (χ4v) is 4.94. The monoisotopic (exact) mass is 408 g/mol. The molecule has 1 aromatic heterocycles. The van der Waals surface area contributed by atoms with Gasteiger partial charge in [0.05, 0.1) is 18.0 Å². The zero-order valence-corrected chi connectivity index (χ0v) is 17.3. The molecule has 0 N–H and O–H groups in total. The molecule has 30 heavy (non-hydrogen) atoms. The molecule has 158 valence electrons. The van der Waals surface area contributed by atoms with E-state index in [1.807, 2.05) is 32.7 Å². The average molecular weight is 409 g/mol. The number of benzene rings is 1. The fraction of sp³-hybridized carbons (Fsp3) is 0.522. The quantitative estimate of drug-likeness (QED) is 0.778. The first-order valence-corrected chi connectivity index (χ1v) is 11.0. The van der Waals surface area contributed by atoms with Crippen molar-refractivity contribution in [2.75, 3.05) is 32.8 Å². The molecular weight excluding hydrogens is 380 g/mol. The summed E-state index contributed by atoms with van der Waals surface area (Å²) in [5, 5.41) is 4.91. The number of aromatic nitrogens is 2. The van der Waals surface area contributed by atoms with E-state index in [0.29, 0.717) is 39.1 Å². The van der Waals surface area contributed by atoms with Crippen molar-refractivity contribution in [3.8, 4) is 5.69 Å². The largest absolute Gasteiger partial charge is 0.368 e. The van der Waals surface area contributed by atoms with Crippen LogP contribution in [0.15, 0.2) is 36.5 Å². The number of ether oxygens (including phenoxy) is 1. The summed E-state index contributed by atoms with van der Waals surface area (Å²) in [6.45, 7) is 3.37. The van der Waals surface area contributed by atoms with Gasteiger partial charge in [-0.1, -0.05) is 18.2 Å². The van der Waals surface area contributed by atoms with Crippen LogP contribution in [0.5, 0.6) is 0 Å². The van der Waals surface area contributed by atoms with Crippen LogP contribution in [-0.4, -0.2) is 64.2 Å². The Labute approximate surface area is 176 Å². The summed E-state index contributed by atoms with van der Waals surface area (Å²) in [4.78, 5) is 28.2. The zero-order valence-electron chi connectivity index (χ0n) is 17.3. The Morgan fingerprint density at radius 1 is 1.10 bits per heavy atom. The zero-order chi connectivity index (χ0) is 20.6. The maximum atomic E-state index is 12.7. The van der Waals surface area contributed by atoms with Gasteiger partial charge in [-0.15, -0.1) is 0 Å². The minimum Gasteiger partial charge on any atom is -0.368 e. The van der Waals surface area contributed by atoms with Crippen molar-refractivity contribution in [1.82, 2.24) is 19.6 Å². The second kappa shape index (κ2) is 7.87. The normalized spacial score (nSPS) is 20.6. The van der Waals surface area contributed by atoms with Crippen LogP contribution in [0.4, 0.5) is 0 Å². The molecule has 7 heteroatoms. The Kier molecular flexibility index (Phi) is 5.06. The highest BCUT2D eigenvalue weighted by Crippen LogP contribution is 2.41. The number of piperidine rings is 1. The van der Waals surface area contributed by atoms with Crippen LogP contribution >= 0.6 is 0 Å². The van der Waals surface area contributed by atoms with E-state index >= 15 is 0 Å². The molecule has 2 amide bonds. The fourth-order valence-electron chi connectivity index (χ4n) is 4.94. The van der Waals surface area contributed by atoms with Crippen LogP contribution in [0.2, 0.25) is 0 Å². The van der Waals surface area contributed by atoms with Crippen molar-refractivity contribution in [3.05, 3.63) is 47.8 Å². The molecule has 0 bridgehead atoms. The van der Waals surface area contributed by atoms with Gasteiger partial charge in [0.25, 0.3) is 0 Å². The highest BCUT2D eigenvalue weighted by Gasteiger charge is 2.44. The average Bonchev–Trinajstić information content (AvgIpc) is 3.40. The number of likely N-dealkylation sites (tertiary alicyclic amines) is 2. The summed E-state index contributed by atoms with van der Waals surface area (Å²) in [5.41, 5.74) is 2.94. The van der Waals surface area contributed by atoms with E-state index in [-0.39, 0.29) is 11.8 Å². The van der Waals surface area contributed by atoms with Crippen molar-refractivity contribution in [2.45, 2.75) is 44.1 Å². The Morgan fingerprint density at radius 3 is 2.63 bits per heavy atom. The Balaban J connectivity index is 1.25. The molecular formula is C23H28N4O3. The van der Waals surface area contributed by atoms with Crippen LogP contribution in [0.1, 0.15) is 43.4 Å². The number of carbonyl (C=O) groups is 2. The van der Waals surface area contributed by atoms with Crippen molar-refractivity contribution >= 4 is 11.8 Å². The van der Waals surface area contributed by atoms with Gasteiger partial charge in [0.15, 0.2) is 0 Å². The van der Waals surface area contributed by atoms with E-state index < -0.39 is 5.60 Å². The molecule has 2 saturated heterocycles. The number of carbonyl (C=O) groups excluding carboxylic acids is 2. The molecule has 0 saturated carbocycles. The third-order valence-electron chi connectivity index (χ3n) is 6.68. The van der Waals surface area contributed by atoms with Gasteiger partial charge < -0.3 is 14.5 Å². The van der Waals surface area contributed by atoms with Crippen LogP contribution < -0.4 is 0 Å². The van der Waals surface area contributed by atoms with E-state index in [1.165, 1.54) is 5.56 Å². The first kappa shape index (κ1) is 19.3. The van der Waals surface area contributed by atoms with Crippen LogP contribution in [0, 0.1) is 0 Å². The maximum absolute atomic E-state index is 12.7. The molecule has 0 atom stereocenters. The summed E-state index contributed by atoms with van der Waals surface area (Å²) in [5.74, 6) is 0.313. The van der Waals surface area contributed by atoms with Gasteiger partial charge in [0, 0.05) is 45.2 Å². The lowest BCUT2D eigenvalue weighted by atomic mass is 9.83. The van der Waals surface area contributed by atoms with E-state index in [4.69, 9.17) is 9.84 Å². The predicted molar refractivity (Wildman–Crippen MR) is 111 cm³/mol. The lowest BCUT2D eigenvalue weighted by Gasteiger charge is -2.43. The topological polar surface area (TPSA) is 67.7 Å². The molecule has 4 heterocycles.